The Bertz CT molecular complexity index is 678. The van der Waals surface area contributed by atoms with Crippen LogP contribution >= 0.6 is 0 Å². The van der Waals surface area contributed by atoms with Gasteiger partial charge in [0.25, 0.3) is 0 Å². The van der Waals surface area contributed by atoms with E-state index >= 15 is 0 Å². The molecule has 0 aromatic heterocycles. The van der Waals surface area contributed by atoms with Crippen molar-refractivity contribution in [3.8, 4) is 11.5 Å². The average Bonchev–Trinajstić information content (AvgIpc) is 3.04. The summed E-state index contributed by atoms with van der Waals surface area (Å²) in [5, 5.41) is 0. The van der Waals surface area contributed by atoms with Crippen molar-refractivity contribution in [1.82, 2.24) is 0 Å². The van der Waals surface area contributed by atoms with Crippen molar-refractivity contribution in [2.24, 2.45) is 5.92 Å². The second kappa shape index (κ2) is 6.48. The summed E-state index contributed by atoms with van der Waals surface area (Å²) in [5.41, 5.74) is 1.35. The van der Waals surface area contributed by atoms with E-state index in [2.05, 4.69) is 6.92 Å². The van der Waals surface area contributed by atoms with Gasteiger partial charge in [-0.05, 0) is 43.4 Å². The highest BCUT2D eigenvalue weighted by Gasteiger charge is 2.50. The van der Waals surface area contributed by atoms with Gasteiger partial charge < -0.3 is 18.9 Å². The maximum Gasteiger partial charge on any atom is 0.189 e. The first kappa shape index (κ1) is 16.8. The Hall–Kier alpha value is -2.01. The van der Waals surface area contributed by atoms with Crippen molar-refractivity contribution >= 4 is 5.78 Å². The van der Waals surface area contributed by atoms with Gasteiger partial charge in [0.2, 0.25) is 0 Å². The lowest BCUT2D eigenvalue weighted by atomic mass is 9.74. The predicted octanol–water partition coefficient (Wildman–Crippen LogP) is 3.26. The quantitative estimate of drug-likeness (QED) is 0.828. The average molecular weight is 332 g/mol. The van der Waals surface area contributed by atoms with E-state index in [1.54, 1.807) is 14.2 Å². The molecule has 2 aliphatic rings. The highest BCUT2D eigenvalue weighted by atomic mass is 16.7. The summed E-state index contributed by atoms with van der Waals surface area (Å²) in [5.74, 6) is 2.49. The topological polar surface area (TPSA) is 54.0 Å². The number of rotatable bonds is 5. The van der Waals surface area contributed by atoms with Gasteiger partial charge in [0.05, 0.1) is 14.2 Å². The number of methoxy groups -OCH3 is 2. The number of carbonyl (C=O) groups excluding carboxylic acids is 1. The smallest absolute Gasteiger partial charge is 0.189 e. The van der Waals surface area contributed by atoms with E-state index in [4.69, 9.17) is 18.9 Å². The Morgan fingerprint density at radius 3 is 2.71 bits per heavy atom. The maximum atomic E-state index is 12.0. The molecule has 1 aliphatic heterocycles. The van der Waals surface area contributed by atoms with Crippen LogP contribution in [0.5, 0.6) is 11.5 Å². The number of ketones is 1. The summed E-state index contributed by atoms with van der Waals surface area (Å²) in [6, 6.07) is 5.94. The largest absolute Gasteiger partial charge is 0.493 e. The van der Waals surface area contributed by atoms with Crippen LogP contribution in [0.25, 0.3) is 0 Å². The molecule has 1 unspecified atom stereocenters. The van der Waals surface area contributed by atoms with E-state index in [0.29, 0.717) is 29.9 Å². The summed E-state index contributed by atoms with van der Waals surface area (Å²) < 4.78 is 22.4. The molecule has 1 aliphatic carbocycles. The normalized spacial score (nSPS) is 24.4. The number of hydrogen-bond acceptors (Lipinski definition) is 5. The Balaban J connectivity index is 1.87. The first-order valence-corrected chi connectivity index (χ1v) is 8.24. The predicted molar refractivity (Wildman–Crippen MR) is 89.1 cm³/mol. The van der Waals surface area contributed by atoms with Crippen LogP contribution in [0.3, 0.4) is 0 Å². The molecule has 130 valence electrons. The molecule has 1 heterocycles. The van der Waals surface area contributed by atoms with Gasteiger partial charge in [-0.25, -0.2) is 0 Å². The van der Waals surface area contributed by atoms with Crippen molar-refractivity contribution in [1.29, 1.82) is 0 Å². The number of fused-ring (bicyclic) bond motifs is 1. The molecule has 0 bridgehead atoms. The van der Waals surface area contributed by atoms with Crippen LogP contribution in [0.4, 0.5) is 0 Å². The number of allylic oxidation sites excluding steroid dienone is 1. The molecule has 0 N–H and O–H groups in total. The van der Waals surface area contributed by atoms with Crippen molar-refractivity contribution in [3.05, 3.63) is 35.1 Å². The van der Waals surface area contributed by atoms with Gasteiger partial charge in [-0.2, -0.15) is 0 Å². The third-order valence-corrected chi connectivity index (χ3v) is 5.17. The molecular weight excluding hydrogens is 308 g/mol. The van der Waals surface area contributed by atoms with Crippen LogP contribution in [0.2, 0.25) is 0 Å². The summed E-state index contributed by atoms with van der Waals surface area (Å²) >= 11 is 0. The zero-order valence-electron chi connectivity index (χ0n) is 14.7. The highest BCUT2D eigenvalue weighted by molar-refractivity contribution is 5.96. The van der Waals surface area contributed by atoms with Gasteiger partial charge in [0.15, 0.2) is 24.1 Å². The standard InChI is InChI=1S/C19H24O5/c1-12(9-14-5-6-16(21-3)17(10-14)22-4)19-8-7-15(20)13(2)18(19)23-11-24-19/h5-6,10,12H,7-9,11H2,1-4H3/t12?,19-/m1/s1. The minimum absolute atomic E-state index is 0.157. The molecule has 0 radical (unpaired) electrons. The molecule has 0 amide bonds. The third kappa shape index (κ3) is 2.67. The fraction of sp³-hybridized carbons (Fsp3) is 0.526. The van der Waals surface area contributed by atoms with Crippen LogP contribution in [-0.4, -0.2) is 32.4 Å². The van der Waals surface area contributed by atoms with Crippen molar-refractivity contribution in [3.63, 3.8) is 0 Å². The van der Waals surface area contributed by atoms with Gasteiger partial charge in [-0.15, -0.1) is 0 Å². The van der Waals surface area contributed by atoms with Crippen LogP contribution in [0.1, 0.15) is 32.3 Å². The third-order valence-electron chi connectivity index (χ3n) is 5.17. The van der Waals surface area contributed by atoms with E-state index in [1.165, 1.54) is 0 Å². The van der Waals surface area contributed by atoms with Crippen molar-refractivity contribution < 1.29 is 23.7 Å². The lowest BCUT2D eigenvalue weighted by Crippen LogP contribution is -2.42. The Morgan fingerprint density at radius 1 is 1.25 bits per heavy atom. The van der Waals surface area contributed by atoms with Crippen LogP contribution < -0.4 is 9.47 Å². The number of Topliss-reactive ketones (excluding diaryl/α,β-unsaturated/α-hetero) is 1. The first-order chi connectivity index (χ1) is 11.5. The zero-order valence-corrected chi connectivity index (χ0v) is 14.7. The number of ether oxygens (including phenoxy) is 4. The monoisotopic (exact) mass is 332 g/mol. The minimum Gasteiger partial charge on any atom is -0.493 e. The molecule has 1 aromatic carbocycles. The van der Waals surface area contributed by atoms with E-state index < -0.39 is 5.60 Å². The Labute approximate surface area is 142 Å². The Morgan fingerprint density at radius 2 is 2.00 bits per heavy atom. The van der Waals surface area contributed by atoms with Gasteiger partial charge in [0, 0.05) is 12.0 Å². The van der Waals surface area contributed by atoms with Crippen LogP contribution in [-0.2, 0) is 20.7 Å². The van der Waals surface area contributed by atoms with Gasteiger partial charge >= 0.3 is 0 Å². The molecule has 2 atom stereocenters. The SMILES string of the molecule is COc1ccc(CC(C)[C@]23CCC(=O)C(C)=C2OCO3)cc1OC. The number of benzene rings is 1. The van der Waals surface area contributed by atoms with Crippen molar-refractivity contribution in [2.75, 3.05) is 21.0 Å². The summed E-state index contributed by atoms with van der Waals surface area (Å²) in [7, 11) is 3.26. The van der Waals surface area contributed by atoms with E-state index in [-0.39, 0.29) is 18.5 Å². The molecule has 3 rings (SSSR count). The van der Waals surface area contributed by atoms with Gasteiger partial charge in [-0.1, -0.05) is 13.0 Å². The highest BCUT2D eigenvalue weighted by Crippen LogP contribution is 2.46. The second-order valence-corrected chi connectivity index (χ2v) is 6.47. The van der Waals surface area contributed by atoms with E-state index in [9.17, 15) is 4.79 Å². The second-order valence-electron chi connectivity index (χ2n) is 6.47. The summed E-state index contributed by atoms with van der Waals surface area (Å²) in [4.78, 5) is 12.0. The molecule has 0 saturated carbocycles. The molecule has 0 spiro atoms. The molecule has 1 fully saturated rings. The molecular formula is C19H24O5. The Kier molecular flexibility index (Phi) is 4.54. The van der Waals surface area contributed by atoms with E-state index in [0.717, 1.165) is 17.7 Å². The molecule has 5 heteroatoms. The molecule has 1 aromatic rings. The van der Waals surface area contributed by atoms with Crippen molar-refractivity contribution in [2.45, 2.75) is 38.7 Å². The van der Waals surface area contributed by atoms with Crippen LogP contribution in [0, 0.1) is 5.92 Å². The number of carbonyl (C=O) groups is 1. The van der Waals surface area contributed by atoms with Gasteiger partial charge in [-0.3, -0.25) is 4.79 Å². The molecule has 1 saturated heterocycles. The fourth-order valence-corrected chi connectivity index (χ4v) is 3.74. The van der Waals surface area contributed by atoms with Gasteiger partial charge in [0.1, 0.15) is 11.4 Å². The maximum absolute atomic E-state index is 12.0. The van der Waals surface area contributed by atoms with E-state index in [1.807, 2.05) is 25.1 Å². The minimum atomic E-state index is -0.495. The molecule has 24 heavy (non-hydrogen) atoms. The lowest BCUT2D eigenvalue weighted by Gasteiger charge is -2.36. The molecule has 5 nitrogen and oxygen atoms in total. The lowest BCUT2D eigenvalue weighted by molar-refractivity contribution is -0.119. The number of hydrogen-bond donors (Lipinski definition) is 0. The van der Waals surface area contributed by atoms with Crippen LogP contribution in [0.15, 0.2) is 29.5 Å². The zero-order chi connectivity index (χ0) is 17.3. The fourth-order valence-electron chi connectivity index (χ4n) is 3.74. The first-order valence-electron chi connectivity index (χ1n) is 8.24. The summed E-state index contributed by atoms with van der Waals surface area (Å²) in [6.07, 6.45) is 1.98. The summed E-state index contributed by atoms with van der Waals surface area (Å²) in [6.45, 7) is 4.20.